The summed E-state index contributed by atoms with van der Waals surface area (Å²) in [5.41, 5.74) is -0.838. The standard InChI is InChI=1S/C66H44F10N8O7/c67-45-15-33(25-77)7-9-37(45)27-89-61-5-1-3-51(81-61)41-23-47(69)39(17-49(41)71)21-59-79-53-13-11-35(19-55(53)83(59)57-31-87-29-43(57)63(73)74)65(85)91-66(86)36-12-14-54-56(20-36)84(58-32-88-30-44(58)64(75)76)60(80-54)22-40-18-50(72)42(24-48(40)70)52-4-2-6-62(82-52)90-28-38-10-8-34(26-78)16-46(38)68/h1-20,23-24,43-44,57-58,63-64H,21-22,27-32H2/t43-,44-,57+,58+/m0/s1. The van der Waals surface area contributed by atoms with Crippen molar-refractivity contribution in [2.24, 2.45) is 11.8 Å². The third kappa shape index (κ3) is 12.5. The van der Waals surface area contributed by atoms with E-state index in [2.05, 4.69) is 19.9 Å². The number of carbonyl (C=O) groups is 2. The predicted molar refractivity (Wildman–Crippen MR) is 304 cm³/mol. The van der Waals surface area contributed by atoms with Crippen LogP contribution in [-0.4, -0.2) is 80.3 Å². The van der Waals surface area contributed by atoms with Crippen LogP contribution < -0.4 is 9.47 Å². The number of rotatable bonds is 18. The zero-order valence-electron chi connectivity index (χ0n) is 47.0. The Morgan fingerprint density at radius 3 is 1.31 bits per heavy atom. The summed E-state index contributed by atoms with van der Waals surface area (Å²) in [5, 5.41) is 18.1. The minimum Gasteiger partial charge on any atom is -0.473 e. The van der Waals surface area contributed by atoms with Crippen molar-refractivity contribution in [2.45, 2.75) is 51.0 Å². The lowest BCUT2D eigenvalue weighted by molar-refractivity contribution is 0.0396. The number of pyridine rings is 2. The Labute approximate surface area is 509 Å². The molecule has 12 rings (SSSR count). The van der Waals surface area contributed by atoms with Gasteiger partial charge in [0.05, 0.1) is 118 Å². The number of imidazole rings is 2. The van der Waals surface area contributed by atoms with Crippen LogP contribution in [0.5, 0.6) is 11.8 Å². The normalized spacial score (nSPS) is 16.4. The molecule has 2 aliphatic rings. The van der Waals surface area contributed by atoms with Gasteiger partial charge in [0.2, 0.25) is 24.6 Å². The Morgan fingerprint density at radius 2 is 0.912 bits per heavy atom. The first-order chi connectivity index (χ1) is 43.9. The second kappa shape index (κ2) is 25.5. The van der Waals surface area contributed by atoms with Crippen LogP contribution in [0.25, 0.3) is 44.6 Å². The molecule has 2 aliphatic heterocycles. The second-order valence-electron chi connectivity index (χ2n) is 21.4. The van der Waals surface area contributed by atoms with Crippen molar-refractivity contribution in [1.82, 2.24) is 29.1 Å². The molecule has 0 spiro atoms. The fraction of sp³-hybridized carbons (Fsp3) is 0.212. The molecule has 25 heteroatoms. The van der Waals surface area contributed by atoms with E-state index in [1.54, 1.807) is 0 Å². The number of benzene rings is 6. The van der Waals surface area contributed by atoms with E-state index in [4.69, 9.17) is 34.2 Å². The quantitative estimate of drug-likeness (QED) is 0.0449. The third-order valence-electron chi connectivity index (χ3n) is 15.8. The van der Waals surface area contributed by atoms with Crippen molar-refractivity contribution in [3.63, 3.8) is 0 Å². The van der Waals surface area contributed by atoms with Crippen molar-refractivity contribution in [3.05, 3.63) is 225 Å². The second-order valence-corrected chi connectivity index (χ2v) is 21.4. The molecule has 4 aromatic heterocycles. The van der Waals surface area contributed by atoms with Crippen molar-refractivity contribution >= 4 is 34.0 Å². The molecule has 15 nitrogen and oxygen atoms in total. The van der Waals surface area contributed by atoms with E-state index < -0.39 is 96.5 Å². The average molecular weight is 1250 g/mol. The summed E-state index contributed by atoms with van der Waals surface area (Å²) in [6.07, 6.45) is -6.76. The van der Waals surface area contributed by atoms with Crippen LogP contribution in [0.1, 0.15) is 77.8 Å². The van der Waals surface area contributed by atoms with Gasteiger partial charge in [0.25, 0.3) is 0 Å². The van der Waals surface area contributed by atoms with Crippen molar-refractivity contribution in [3.8, 4) is 46.4 Å². The van der Waals surface area contributed by atoms with E-state index >= 15 is 17.6 Å². The summed E-state index contributed by atoms with van der Waals surface area (Å²) in [4.78, 5) is 45.7. The molecule has 4 atom stereocenters. The first-order valence-corrected chi connectivity index (χ1v) is 27.9. The maximum absolute atomic E-state index is 16.2. The van der Waals surface area contributed by atoms with Gasteiger partial charge in [0, 0.05) is 47.2 Å². The molecular formula is C66H44F10N8O7. The van der Waals surface area contributed by atoms with Crippen LogP contribution in [0.2, 0.25) is 0 Å². The van der Waals surface area contributed by atoms with E-state index in [0.717, 1.165) is 36.4 Å². The van der Waals surface area contributed by atoms with Gasteiger partial charge in [-0.1, -0.05) is 24.3 Å². The Morgan fingerprint density at radius 1 is 0.495 bits per heavy atom. The Balaban J connectivity index is 0.796. The molecule has 0 aliphatic carbocycles. The highest BCUT2D eigenvalue weighted by Crippen LogP contribution is 2.39. The summed E-state index contributed by atoms with van der Waals surface area (Å²) in [6.45, 7) is -1.88. The lowest BCUT2D eigenvalue weighted by Crippen LogP contribution is -2.25. The summed E-state index contributed by atoms with van der Waals surface area (Å²) in [6, 6.07) is 28.8. The highest BCUT2D eigenvalue weighted by Gasteiger charge is 2.40. The number of ether oxygens (including phenoxy) is 5. The smallest absolute Gasteiger partial charge is 0.346 e. The molecule has 6 heterocycles. The molecular weight excluding hydrogens is 1210 g/mol. The number of halogens is 10. The largest absolute Gasteiger partial charge is 0.473 e. The summed E-state index contributed by atoms with van der Waals surface area (Å²) in [7, 11) is 0. The Kier molecular flexibility index (Phi) is 17.1. The zero-order valence-corrected chi connectivity index (χ0v) is 47.0. The first kappa shape index (κ1) is 60.8. The number of fused-ring (bicyclic) bond motifs is 2. The molecule has 0 amide bonds. The SMILES string of the molecule is N#Cc1ccc(COc2cccc(-c3cc(F)c(Cc4nc5ccc(C(=O)OC(=O)c6ccc7nc(Cc8cc(F)c(-c9cccc(OCc%10ccc(C#N)cc%10F)n9)cc8F)n([C@@H]8COC[C@@H]8C(F)F)c7c6)cc5n4[C@@H]4COC[C@@H]4C(F)F)cc3F)n2)c(F)c1. The number of aromatic nitrogens is 6. The van der Waals surface area contributed by atoms with E-state index in [9.17, 15) is 35.9 Å². The van der Waals surface area contributed by atoms with E-state index in [1.807, 2.05) is 12.1 Å². The maximum Gasteiger partial charge on any atom is 0.346 e. The molecule has 0 unspecified atom stereocenters. The number of hydrogen-bond acceptors (Lipinski definition) is 13. The minimum absolute atomic E-state index is 0.0219. The molecule has 0 bridgehead atoms. The van der Waals surface area contributed by atoms with Gasteiger partial charge >= 0.3 is 11.9 Å². The molecule has 10 aromatic rings. The van der Waals surface area contributed by atoms with Crippen LogP contribution in [0, 0.1) is 69.4 Å². The lowest BCUT2D eigenvalue weighted by Gasteiger charge is -2.22. The number of nitriles is 2. The van der Waals surface area contributed by atoms with Crippen molar-refractivity contribution in [2.75, 3.05) is 26.4 Å². The van der Waals surface area contributed by atoms with Crippen molar-refractivity contribution < 1.29 is 77.2 Å². The molecule has 2 saturated heterocycles. The number of hydrogen-bond donors (Lipinski definition) is 0. The molecule has 91 heavy (non-hydrogen) atoms. The zero-order chi connectivity index (χ0) is 63.8. The predicted octanol–water partition coefficient (Wildman–Crippen LogP) is 13.3. The Hall–Kier alpha value is -10.5. The molecule has 0 N–H and O–H groups in total. The van der Waals surface area contributed by atoms with Crippen LogP contribution in [-0.2, 0) is 40.3 Å². The van der Waals surface area contributed by atoms with Gasteiger partial charge in [-0.2, -0.15) is 10.5 Å². The third-order valence-corrected chi connectivity index (χ3v) is 15.8. The van der Waals surface area contributed by atoms with E-state index in [-0.39, 0.29) is 152 Å². The lowest BCUT2D eigenvalue weighted by atomic mass is 10.0. The highest BCUT2D eigenvalue weighted by molar-refractivity contribution is 6.05. The number of nitrogens with zero attached hydrogens (tertiary/aromatic N) is 8. The van der Waals surface area contributed by atoms with Gasteiger partial charge < -0.3 is 32.8 Å². The van der Waals surface area contributed by atoms with Gasteiger partial charge in [-0.25, -0.2) is 73.4 Å². The van der Waals surface area contributed by atoms with Crippen molar-refractivity contribution in [1.29, 1.82) is 10.5 Å². The minimum atomic E-state index is -2.92. The Bertz CT molecular complexity index is 4320. The van der Waals surface area contributed by atoms with Crippen LogP contribution >= 0.6 is 0 Å². The molecule has 6 aromatic carbocycles. The first-order valence-electron chi connectivity index (χ1n) is 27.9. The fourth-order valence-corrected chi connectivity index (χ4v) is 11.1. The van der Waals surface area contributed by atoms with Gasteiger partial charge in [0.1, 0.15) is 59.8 Å². The van der Waals surface area contributed by atoms with Crippen LogP contribution in [0.3, 0.4) is 0 Å². The number of alkyl halides is 4. The maximum atomic E-state index is 16.2. The highest BCUT2D eigenvalue weighted by atomic mass is 19.3. The van der Waals surface area contributed by atoms with Crippen LogP contribution in [0.4, 0.5) is 43.9 Å². The summed E-state index contributed by atoms with van der Waals surface area (Å²) in [5.74, 6) is -10.5. The molecule has 0 radical (unpaired) electrons. The molecule has 460 valence electrons. The van der Waals surface area contributed by atoms with Gasteiger partial charge in [-0.05, 0) is 108 Å². The van der Waals surface area contributed by atoms with Gasteiger partial charge in [-0.3, -0.25) is 0 Å². The fourth-order valence-electron chi connectivity index (χ4n) is 11.1. The summed E-state index contributed by atoms with van der Waals surface area (Å²) < 4.78 is 183. The van der Waals surface area contributed by atoms with Crippen LogP contribution in [0.15, 0.2) is 133 Å². The van der Waals surface area contributed by atoms with Gasteiger partial charge in [-0.15, -0.1) is 0 Å². The number of esters is 2. The van der Waals surface area contributed by atoms with Gasteiger partial charge in [0.15, 0.2) is 0 Å². The average Bonchev–Trinajstić information content (AvgIpc) is 1.65. The number of carbonyl (C=O) groups excluding carboxylic acids is 2. The van der Waals surface area contributed by atoms with E-state index in [1.165, 1.54) is 106 Å². The molecule has 0 saturated carbocycles. The van der Waals surface area contributed by atoms with E-state index in [0.29, 0.717) is 0 Å². The monoisotopic (exact) mass is 1250 g/mol. The molecule has 2 fully saturated rings. The topological polar surface area (TPSA) is 189 Å². The summed E-state index contributed by atoms with van der Waals surface area (Å²) >= 11 is 0.